The Balaban J connectivity index is 1.71. The van der Waals surface area contributed by atoms with E-state index in [0.29, 0.717) is 12.5 Å². The van der Waals surface area contributed by atoms with Crippen LogP contribution < -0.4 is 0 Å². The lowest BCUT2D eigenvalue weighted by atomic mass is 10.1. The number of hydrogen-bond donors (Lipinski definition) is 0. The molecule has 0 aliphatic carbocycles. The van der Waals surface area contributed by atoms with Crippen molar-refractivity contribution in [1.82, 2.24) is 10.1 Å². The van der Waals surface area contributed by atoms with Crippen LogP contribution in [0, 0.1) is 6.92 Å². The van der Waals surface area contributed by atoms with Crippen LogP contribution in [0.3, 0.4) is 0 Å². The quantitative estimate of drug-likeness (QED) is 0.715. The van der Waals surface area contributed by atoms with Crippen molar-refractivity contribution in [2.75, 3.05) is 13.2 Å². The Morgan fingerprint density at radius 1 is 1.25 bits per heavy atom. The number of benzene rings is 1. The van der Waals surface area contributed by atoms with E-state index in [9.17, 15) is 0 Å². The van der Waals surface area contributed by atoms with Gasteiger partial charge in [-0.1, -0.05) is 5.16 Å². The zero-order valence-electron chi connectivity index (χ0n) is 11.1. The summed E-state index contributed by atoms with van der Waals surface area (Å²) in [5.41, 5.74) is 1.78. The highest BCUT2D eigenvalue weighted by atomic mass is 16.5. The molecular formula is C15H14N2O3. The summed E-state index contributed by atoms with van der Waals surface area (Å²) < 4.78 is 16.3. The second-order valence-corrected chi connectivity index (χ2v) is 5.13. The molecule has 4 rings (SSSR count). The predicted molar refractivity (Wildman–Crippen MR) is 72.4 cm³/mol. The van der Waals surface area contributed by atoms with E-state index in [1.807, 2.05) is 31.2 Å². The zero-order chi connectivity index (χ0) is 13.5. The van der Waals surface area contributed by atoms with Crippen molar-refractivity contribution in [3.63, 3.8) is 0 Å². The molecule has 1 aliphatic heterocycles. The van der Waals surface area contributed by atoms with Gasteiger partial charge in [0.2, 0.25) is 0 Å². The monoisotopic (exact) mass is 270 g/mol. The fraction of sp³-hybridized carbons (Fsp3) is 0.333. The van der Waals surface area contributed by atoms with E-state index >= 15 is 0 Å². The first-order chi connectivity index (χ1) is 9.79. The maximum Gasteiger partial charge on any atom is 0.257 e. The van der Waals surface area contributed by atoms with E-state index in [2.05, 4.69) is 10.1 Å². The van der Waals surface area contributed by atoms with E-state index < -0.39 is 0 Å². The van der Waals surface area contributed by atoms with Crippen molar-refractivity contribution in [2.45, 2.75) is 19.3 Å². The Labute approximate surface area is 115 Å². The molecule has 102 valence electrons. The van der Waals surface area contributed by atoms with Crippen LogP contribution in [0.2, 0.25) is 0 Å². The molecule has 1 atom stereocenters. The molecule has 1 saturated heterocycles. The molecule has 0 spiro atoms. The lowest BCUT2D eigenvalue weighted by molar-refractivity contribution is 0.192. The molecule has 0 saturated carbocycles. The lowest BCUT2D eigenvalue weighted by Crippen LogP contribution is -1.99. The Morgan fingerprint density at radius 3 is 3.05 bits per heavy atom. The van der Waals surface area contributed by atoms with Gasteiger partial charge in [0.1, 0.15) is 11.3 Å². The van der Waals surface area contributed by atoms with Gasteiger partial charge in [-0.05, 0) is 37.6 Å². The van der Waals surface area contributed by atoms with Crippen LogP contribution in [0.5, 0.6) is 0 Å². The Kier molecular flexibility index (Phi) is 2.60. The SMILES string of the molecule is Cc1cc2cc(-c3nc([C@H]4CCOC4)no3)ccc2o1. The highest BCUT2D eigenvalue weighted by Gasteiger charge is 2.23. The first-order valence-electron chi connectivity index (χ1n) is 6.71. The normalized spacial score (nSPS) is 18.9. The van der Waals surface area contributed by atoms with E-state index in [1.165, 1.54) is 0 Å². The minimum atomic E-state index is 0.257. The Bertz CT molecular complexity index is 753. The predicted octanol–water partition coefficient (Wildman–Crippen LogP) is 3.30. The molecule has 2 aromatic heterocycles. The summed E-state index contributed by atoms with van der Waals surface area (Å²) in [6, 6.07) is 7.88. The van der Waals surface area contributed by atoms with Gasteiger partial charge in [0, 0.05) is 23.5 Å². The van der Waals surface area contributed by atoms with Crippen LogP contribution in [-0.4, -0.2) is 23.4 Å². The summed E-state index contributed by atoms with van der Waals surface area (Å²) in [5.74, 6) is 2.44. The number of hydrogen-bond acceptors (Lipinski definition) is 5. The maximum atomic E-state index is 5.56. The van der Waals surface area contributed by atoms with Crippen molar-refractivity contribution < 1.29 is 13.7 Å². The van der Waals surface area contributed by atoms with Crippen LogP contribution in [0.4, 0.5) is 0 Å². The lowest BCUT2D eigenvalue weighted by Gasteiger charge is -1.97. The summed E-state index contributed by atoms with van der Waals surface area (Å²) in [6.45, 7) is 3.39. The molecule has 1 fully saturated rings. The van der Waals surface area contributed by atoms with E-state index in [4.69, 9.17) is 13.7 Å². The number of aryl methyl sites for hydroxylation is 1. The van der Waals surface area contributed by atoms with Crippen molar-refractivity contribution in [3.05, 3.63) is 35.9 Å². The summed E-state index contributed by atoms with van der Waals surface area (Å²) in [4.78, 5) is 4.49. The van der Waals surface area contributed by atoms with Crippen molar-refractivity contribution in [1.29, 1.82) is 0 Å². The standard InChI is InChI=1S/C15H14N2O3/c1-9-6-12-7-10(2-3-13(12)19-9)15-16-14(17-20-15)11-4-5-18-8-11/h2-3,6-7,11H,4-5,8H2,1H3/t11-/m0/s1. The van der Waals surface area contributed by atoms with Crippen LogP contribution in [0.1, 0.15) is 23.9 Å². The minimum absolute atomic E-state index is 0.257. The summed E-state index contributed by atoms with van der Waals surface area (Å²) in [7, 11) is 0. The van der Waals surface area contributed by atoms with E-state index in [1.54, 1.807) is 0 Å². The van der Waals surface area contributed by atoms with Crippen molar-refractivity contribution >= 4 is 11.0 Å². The minimum Gasteiger partial charge on any atom is -0.461 e. The molecule has 0 amide bonds. The average molecular weight is 270 g/mol. The zero-order valence-corrected chi connectivity index (χ0v) is 11.1. The number of ether oxygens (including phenoxy) is 1. The Morgan fingerprint density at radius 2 is 2.20 bits per heavy atom. The van der Waals surface area contributed by atoms with Gasteiger partial charge in [-0.25, -0.2) is 0 Å². The average Bonchev–Trinajstić information content (AvgIpc) is 3.17. The Hall–Kier alpha value is -2.14. The van der Waals surface area contributed by atoms with Gasteiger partial charge >= 0.3 is 0 Å². The topological polar surface area (TPSA) is 61.3 Å². The second kappa shape index (κ2) is 4.45. The van der Waals surface area contributed by atoms with Gasteiger partial charge in [0.15, 0.2) is 5.82 Å². The molecule has 1 aliphatic rings. The van der Waals surface area contributed by atoms with Gasteiger partial charge in [-0.15, -0.1) is 0 Å². The van der Waals surface area contributed by atoms with Crippen molar-refractivity contribution in [2.24, 2.45) is 0 Å². The molecule has 0 unspecified atom stereocenters. The highest BCUT2D eigenvalue weighted by Crippen LogP contribution is 2.28. The van der Waals surface area contributed by atoms with E-state index in [-0.39, 0.29) is 5.92 Å². The third-order valence-corrected chi connectivity index (χ3v) is 3.62. The fourth-order valence-corrected chi connectivity index (χ4v) is 2.57. The fourth-order valence-electron chi connectivity index (χ4n) is 2.57. The molecule has 0 N–H and O–H groups in total. The van der Waals surface area contributed by atoms with Gasteiger partial charge in [-0.2, -0.15) is 4.98 Å². The smallest absolute Gasteiger partial charge is 0.257 e. The first-order valence-corrected chi connectivity index (χ1v) is 6.71. The van der Waals surface area contributed by atoms with Crippen LogP contribution in [0.25, 0.3) is 22.4 Å². The molecule has 1 aromatic carbocycles. The third kappa shape index (κ3) is 1.91. The molecule has 20 heavy (non-hydrogen) atoms. The number of rotatable bonds is 2. The van der Waals surface area contributed by atoms with Gasteiger partial charge < -0.3 is 13.7 Å². The van der Waals surface area contributed by atoms with Gasteiger partial charge in [0.25, 0.3) is 5.89 Å². The second-order valence-electron chi connectivity index (χ2n) is 5.13. The van der Waals surface area contributed by atoms with Gasteiger partial charge in [-0.3, -0.25) is 0 Å². The summed E-state index contributed by atoms with van der Waals surface area (Å²) in [5, 5.41) is 5.12. The molecular weight excluding hydrogens is 256 g/mol. The van der Waals surface area contributed by atoms with Gasteiger partial charge in [0.05, 0.1) is 6.61 Å². The van der Waals surface area contributed by atoms with Crippen LogP contribution >= 0.6 is 0 Å². The van der Waals surface area contributed by atoms with Crippen molar-refractivity contribution in [3.8, 4) is 11.5 Å². The van der Waals surface area contributed by atoms with Crippen LogP contribution in [0.15, 0.2) is 33.2 Å². The highest BCUT2D eigenvalue weighted by molar-refractivity contribution is 5.82. The van der Waals surface area contributed by atoms with Crippen LogP contribution in [-0.2, 0) is 4.74 Å². The molecule has 5 nitrogen and oxygen atoms in total. The molecule has 5 heteroatoms. The van der Waals surface area contributed by atoms with E-state index in [0.717, 1.165) is 41.1 Å². The molecule has 0 bridgehead atoms. The third-order valence-electron chi connectivity index (χ3n) is 3.62. The maximum absolute atomic E-state index is 5.56. The summed E-state index contributed by atoms with van der Waals surface area (Å²) in [6.07, 6.45) is 0.957. The molecule has 3 aromatic rings. The number of furan rings is 1. The summed E-state index contributed by atoms with van der Waals surface area (Å²) >= 11 is 0. The molecule has 0 radical (unpaired) electrons. The largest absolute Gasteiger partial charge is 0.461 e. The number of fused-ring (bicyclic) bond motifs is 1. The first kappa shape index (κ1) is 11.7. The molecule has 3 heterocycles. The number of nitrogens with zero attached hydrogens (tertiary/aromatic N) is 2. The number of aromatic nitrogens is 2.